The number of para-hydroxylation sites is 1. The van der Waals surface area contributed by atoms with Gasteiger partial charge in [-0.3, -0.25) is 4.79 Å². The van der Waals surface area contributed by atoms with E-state index in [-0.39, 0.29) is 22.8 Å². The van der Waals surface area contributed by atoms with Crippen LogP contribution in [0.15, 0.2) is 47.8 Å². The molecule has 2 heterocycles. The fourth-order valence-electron chi connectivity index (χ4n) is 2.63. The lowest BCUT2D eigenvalue weighted by atomic mass is 10.2. The van der Waals surface area contributed by atoms with E-state index in [4.69, 9.17) is 0 Å². The highest BCUT2D eigenvalue weighted by Gasteiger charge is 2.30. The number of hydrogen-bond donors (Lipinski definition) is 2. The largest absolute Gasteiger partial charge is 0.339 e. The molecule has 1 aromatic carbocycles. The number of rotatable bonds is 3. The summed E-state index contributed by atoms with van der Waals surface area (Å²) >= 11 is 0. The summed E-state index contributed by atoms with van der Waals surface area (Å²) < 4.78 is 41.4. The molecule has 1 fully saturated rings. The van der Waals surface area contributed by atoms with E-state index >= 15 is 0 Å². The lowest BCUT2D eigenvalue weighted by Gasteiger charge is -2.20. The Morgan fingerprint density at radius 3 is 2.72 bits per heavy atom. The minimum atomic E-state index is -2.74. The van der Waals surface area contributed by atoms with Gasteiger partial charge in [-0.05, 0) is 36.6 Å². The predicted molar refractivity (Wildman–Crippen MR) is 86.7 cm³/mol. The van der Waals surface area contributed by atoms with Crippen LogP contribution < -0.4 is 10.6 Å². The number of benzene rings is 1. The molecule has 4 rings (SSSR count). The summed E-state index contributed by atoms with van der Waals surface area (Å²) in [4.78, 5) is 12.5. The Morgan fingerprint density at radius 2 is 2.04 bits per heavy atom. The van der Waals surface area contributed by atoms with Gasteiger partial charge in [-0.1, -0.05) is 12.1 Å². The van der Waals surface area contributed by atoms with E-state index in [2.05, 4.69) is 15.7 Å². The van der Waals surface area contributed by atoms with Crippen molar-refractivity contribution in [1.29, 1.82) is 0 Å². The van der Waals surface area contributed by atoms with Crippen LogP contribution in [0.2, 0.25) is 0 Å². The Hall–Kier alpha value is -3.03. The number of carbonyl (C=O) groups is 1. The van der Waals surface area contributed by atoms with Crippen LogP contribution in [0.4, 0.5) is 24.7 Å². The van der Waals surface area contributed by atoms with Gasteiger partial charge in [0.2, 0.25) is 0 Å². The molecule has 2 aromatic rings. The highest BCUT2D eigenvalue weighted by atomic mass is 19.3. The van der Waals surface area contributed by atoms with Crippen LogP contribution in [-0.2, 0) is 0 Å². The SMILES string of the molecule is O=C(Nc1ccccc1F)c1cnn2c1NC(=C1CC1)C=C2C(F)F. The van der Waals surface area contributed by atoms with Gasteiger partial charge in [0.15, 0.2) is 0 Å². The van der Waals surface area contributed by atoms with E-state index in [0.717, 1.165) is 23.1 Å². The number of carbonyl (C=O) groups excluding carboxylic acids is 1. The van der Waals surface area contributed by atoms with Crippen molar-refractivity contribution in [2.45, 2.75) is 19.3 Å². The van der Waals surface area contributed by atoms with Crippen molar-refractivity contribution < 1.29 is 18.0 Å². The third kappa shape index (κ3) is 2.79. The summed E-state index contributed by atoms with van der Waals surface area (Å²) in [7, 11) is 0. The van der Waals surface area contributed by atoms with Crippen LogP contribution in [0.1, 0.15) is 23.2 Å². The molecule has 5 nitrogen and oxygen atoms in total. The monoisotopic (exact) mass is 346 g/mol. The Labute approximate surface area is 140 Å². The molecule has 1 aliphatic heterocycles. The number of amides is 1. The Balaban J connectivity index is 1.70. The summed E-state index contributed by atoms with van der Waals surface area (Å²) in [5.74, 6) is -1.06. The Morgan fingerprint density at radius 1 is 1.28 bits per heavy atom. The van der Waals surface area contributed by atoms with Gasteiger partial charge in [-0.25, -0.2) is 17.9 Å². The molecular weight excluding hydrogens is 333 g/mol. The molecule has 2 aliphatic rings. The second-order valence-electron chi connectivity index (χ2n) is 5.76. The Bertz CT molecular complexity index is 924. The van der Waals surface area contributed by atoms with Crippen molar-refractivity contribution in [3.63, 3.8) is 0 Å². The lowest BCUT2D eigenvalue weighted by molar-refractivity contribution is 0.102. The summed E-state index contributed by atoms with van der Waals surface area (Å²) in [5.41, 5.74) is 1.37. The number of allylic oxidation sites excluding steroid dienone is 3. The summed E-state index contributed by atoms with van der Waals surface area (Å²) in [5, 5.41) is 9.31. The first kappa shape index (κ1) is 15.5. The van der Waals surface area contributed by atoms with Gasteiger partial charge >= 0.3 is 0 Å². The van der Waals surface area contributed by atoms with Gasteiger partial charge in [0, 0.05) is 5.70 Å². The third-order valence-corrected chi connectivity index (χ3v) is 4.03. The molecule has 0 spiro atoms. The number of nitrogens with zero attached hydrogens (tertiary/aromatic N) is 2. The van der Waals surface area contributed by atoms with Crippen LogP contribution in [0.25, 0.3) is 5.70 Å². The first-order valence-corrected chi connectivity index (χ1v) is 7.67. The second kappa shape index (κ2) is 5.80. The second-order valence-corrected chi connectivity index (χ2v) is 5.76. The van der Waals surface area contributed by atoms with Gasteiger partial charge in [0.25, 0.3) is 12.3 Å². The van der Waals surface area contributed by atoms with Crippen molar-refractivity contribution in [3.8, 4) is 0 Å². The standard InChI is InChI=1S/C17H13F3N4O/c18-11-3-1-2-4-12(11)23-17(25)10-8-21-24-14(15(19)20)7-13(9-5-6-9)22-16(10)24/h1-4,7-8,15,22H,5-6H2,(H,23,25). The van der Waals surface area contributed by atoms with Crippen LogP contribution in [0.5, 0.6) is 0 Å². The van der Waals surface area contributed by atoms with Crippen LogP contribution in [0, 0.1) is 5.82 Å². The van der Waals surface area contributed by atoms with E-state index in [1.54, 1.807) is 6.07 Å². The smallest absolute Gasteiger partial charge is 0.280 e. The number of halogens is 3. The van der Waals surface area contributed by atoms with E-state index in [0.29, 0.717) is 5.70 Å². The molecule has 1 saturated carbocycles. The molecule has 1 amide bonds. The van der Waals surface area contributed by atoms with Gasteiger partial charge < -0.3 is 10.6 Å². The molecule has 2 N–H and O–H groups in total. The molecule has 0 saturated heterocycles. The third-order valence-electron chi connectivity index (χ3n) is 4.03. The van der Waals surface area contributed by atoms with Crippen molar-refractivity contribution in [1.82, 2.24) is 9.78 Å². The van der Waals surface area contributed by atoms with Crippen molar-refractivity contribution in [3.05, 3.63) is 59.2 Å². The van der Waals surface area contributed by atoms with E-state index in [1.165, 1.54) is 30.5 Å². The lowest BCUT2D eigenvalue weighted by Crippen LogP contribution is -2.20. The fraction of sp³-hybridized carbons (Fsp3) is 0.176. The van der Waals surface area contributed by atoms with E-state index < -0.39 is 18.1 Å². The molecular formula is C17H13F3N4O. The first-order chi connectivity index (χ1) is 12.0. The summed E-state index contributed by atoms with van der Waals surface area (Å²) in [6.45, 7) is 0. The summed E-state index contributed by atoms with van der Waals surface area (Å²) in [6, 6.07) is 5.72. The minimum Gasteiger partial charge on any atom is -0.339 e. The molecule has 0 radical (unpaired) electrons. The van der Waals surface area contributed by atoms with Crippen LogP contribution in [0.3, 0.4) is 0 Å². The van der Waals surface area contributed by atoms with Crippen molar-refractivity contribution in [2.75, 3.05) is 10.6 Å². The average Bonchev–Trinajstić information content (AvgIpc) is 3.35. The molecule has 25 heavy (non-hydrogen) atoms. The molecule has 128 valence electrons. The average molecular weight is 346 g/mol. The van der Waals surface area contributed by atoms with Gasteiger partial charge in [-0.2, -0.15) is 5.10 Å². The Kier molecular flexibility index (Phi) is 3.60. The number of hydrogen-bond acceptors (Lipinski definition) is 3. The summed E-state index contributed by atoms with van der Waals surface area (Å²) in [6.07, 6.45) is 1.47. The molecule has 8 heteroatoms. The first-order valence-electron chi connectivity index (χ1n) is 7.67. The molecule has 1 aromatic heterocycles. The number of nitrogens with one attached hydrogen (secondary N) is 2. The number of fused-ring (bicyclic) bond motifs is 1. The zero-order valence-corrected chi connectivity index (χ0v) is 12.9. The molecule has 0 bridgehead atoms. The predicted octanol–water partition coefficient (Wildman–Crippen LogP) is 3.85. The molecule has 0 atom stereocenters. The molecule has 1 aliphatic carbocycles. The van der Waals surface area contributed by atoms with Crippen molar-refractivity contribution in [2.24, 2.45) is 0 Å². The number of anilines is 2. The van der Waals surface area contributed by atoms with E-state index in [1.807, 2.05) is 0 Å². The number of aromatic nitrogens is 2. The van der Waals surface area contributed by atoms with Crippen molar-refractivity contribution >= 4 is 23.1 Å². The topological polar surface area (TPSA) is 59.0 Å². The zero-order valence-electron chi connectivity index (χ0n) is 12.9. The minimum absolute atomic E-state index is 0.00801. The van der Waals surface area contributed by atoms with Gasteiger partial charge in [0.05, 0.1) is 11.9 Å². The van der Waals surface area contributed by atoms with Crippen LogP contribution in [-0.4, -0.2) is 22.1 Å². The molecule has 0 unspecified atom stereocenters. The normalized spacial score (nSPS) is 15.6. The maximum absolute atomic E-state index is 13.7. The maximum atomic E-state index is 13.7. The highest BCUT2D eigenvalue weighted by molar-refractivity contribution is 6.08. The van der Waals surface area contributed by atoms with Gasteiger partial charge in [-0.15, -0.1) is 0 Å². The zero-order chi connectivity index (χ0) is 17.6. The van der Waals surface area contributed by atoms with E-state index in [9.17, 15) is 18.0 Å². The fourth-order valence-corrected chi connectivity index (χ4v) is 2.63. The van der Waals surface area contributed by atoms with Gasteiger partial charge in [0.1, 0.15) is 22.9 Å². The maximum Gasteiger partial charge on any atom is 0.280 e. The van der Waals surface area contributed by atoms with Crippen LogP contribution >= 0.6 is 0 Å². The highest BCUT2D eigenvalue weighted by Crippen LogP contribution is 2.38. The quantitative estimate of drug-likeness (QED) is 0.887. The number of alkyl halides is 2.